The first kappa shape index (κ1) is 13.5. The highest BCUT2D eigenvalue weighted by Crippen LogP contribution is 2.18. The Kier molecular flexibility index (Phi) is 5.86. The summed E-state index contributed by atoms with van der Waals surface area (Å²) in [4.78, 5) is 0. The Morgan fingerprint density at radius 1 is 1.12 bits per heavy atom. The number of unbranched alkanes of at least 4 members (excludes halogenated alkanes) is 2. The highest BCUT2D eigenvalue weighted by Gasteiger charge is 2.14. The van der Waals surface area contributed by atoms with E-state index in [1.165, 1.54) is 24.4 Å². The molecule has 0 N–H and O–H groups in total. The lowest BCUT2D eigenvalue weighted by Gasteiger charge is -2.11. The molecule has 0 atom stereocenters. The van der Waals surface area contributed by atoms with Crippen LogP contribution >= 0.6 is 11.1 Å². The van der Waals surface area contributed by atoms with Crippen LogP contribution in [0.3, 0.4) is 0 Å². The first-order valence-corrected chi connectivity index (χ1v) is 10.2. The minimum Gasteiger partial charge on any atom is -0.168 e. The lowest BCUT2D eigenvalue weighted by atomic mass is 10.2. The molecule has 1 rings (SSSR count). The summed E-state index contributed by atoms with van der Waals surface area (Å²) in [6.07, 6.45) is 8.14. The van der Waals surface area contributed by atoms with Crippen molar-refractivity contribution in [3.05, 3.63) is 42.0 Å². The highest BCUT2D eigenvalue weighted by molar-refractivity contribution is 7.19. The van der Waals surface area contributed by atoms with E-state index in [9.17, 15) is 0 Å². The van der Waals surface area contributed by atoms with Gasteiger partial charge in [0, 0.05) is 0 Å². The molecule has 0 bridgehead atoms. The van der Waals surface area contributed by atoms with Crippen LogP contribution in [-0.2, 0) is 0 Å². The van der Waals surface area contributed by atoms with Crippen molar-refractivity contribution < 1.29 is 0 Å². The van der Waals surface area contributed by atoms with Crippen LogP contribution in [0.4, 0.5) is 0 Å². The normalized spacial score (nSPS) is 12.2. The number of hydrogen-bond acceptors (Lipinski definition) is 0. The maximum absolute atomic E-state index is 6.26. The number of hydrogen-bond donors (Lipinski definition) is 0. The second kappa shape index (κ2) is 6.92. The molecule has 0 heterocycles. The first-order chi connectivity index (χ1) is 7.58. The Balaban J connectivity index is 2.14. The quantitative estimate of drug-likeness (QED) is 0.365. The molecule has 1 aromatic rings. The van der Waals surface area contributed by atoms with Gasteiger partial charge in [0.1, 0.15) is 7.38 Å². The van der Waals surface area contributed by atoms with Crippen LogP contribution in [0.2, 0.25) is 19.1 Å². The van der Waals surface area contributed by atoms with E-state index < -0.39 is 7.38 Å². The molecule has 1 aromatic carbocycles. The van der Waals surface area contributed by atoms with Gasteiger partial charge in [-0.25, -0.2) is 0 Å². The van der Waals surface area contributed by atoms with E-state index in [0.29, 0.717) is 0 Å². The minimum absolute atomic E-state index is 1.16. The van der Waals surface area contributed by atoms with Gasteiger partial charge in [0.25, 0.3) is 0 Å². The van der Waals surface area contributed by atoms with Crippen molar-refractivity contribution >= 4 is 24.5 Å². The fourth-order valence-electron chi connectivity index (χ4n) is 1.59. The standard InChI is InChI=1S/C14H21ClSi/c1-16(2,15)13-9-4-3-6-10-14-11-7-5-8-12-14/h5-8,10-12H,3-4,9,13H2,1-2H3. The van der Waals surface area contributed by atoms with Gasteiger partial charge in [-0.05, 0) is 18.0 Å². The summed E-state index contributed by atoms with van der Waals surface area (Å²) in [6.45, 7) is 4.43. The highest BCUT2D eigenvalue weighted by atomic mass is 35.6. The minimum atomic E-state index is -1.33. The van der Waals surface area contributed by atoms with Crippen LogP contribution in [0.25, 0.3) is 6.08 Å². The lowest BCUT2D eigenvalue weighted by Crippen LogP contribution is -2.14. The summed E-state index contributed by atoms with van der Waals surface area (Å²) in [5.41, 5.74) is 1.29. The van der Waals surface area contributed by atoms with E-state index in [1.54, 1.807) is 0 Å². The van der Waals surface area contributed by atoms with Crippen LogP contribution in [-0.4, -0.2) is 7.38 Å². The van der Waals surface area contributed by atoms with Gasteiger partial charge in [0.2, 0.25) is 0 Å². The number of rotatable bonds is 6. The third-order valence-corrected chi connectivity index (χ3v) is 4.61. The van der Waals surface area contributed by atoms with Crippen molar-refractivity contribution in [2.75, 3.05) is 0 Å². The fourth-order valence-corrected chi connectivity index (χ4v) is 3.08. The molecule has 0 saturated heterocycles. The molecule has 2 heteroatoms. The van der Waals surface area contributed by atoms with Crippen molar-refractivity contribution in [2.24, 2.45) is 0 Å². The summed E-state index contributed by atoms with van der Waals surface area (Å²) in [5, 5.41) is 0. The van der Waals surface area contributed by atoms with E-state index in [0.717, 1.165) is 6.42 Å². The molecular weight excluding hydrogens is 232 g/mol. The number of halogens is 1. The van der Waals surface area contributed by atoms with Gasteiger partial charge in [-0.3, -0.25) is 0 Å². The second-order valence-corrected chi connectivity index (χ2v) is 11.8. The van der Waals surface area contributed by atoms with Gasteiger partial charge in [-0.15, -0.1) is 0 Å². The topological polar surface area (TPSA) is 0 Å². The van der Waals surface area contributed by atoms with Crippen LogP contribution in [0.1, 0.15) is 24.8 Å². The molecule has 0 nitrogen and oxygen atoms in total. The van der Waals surface area contributed by atoms with E-state index >= 15 is 0 Å². The third kappa shape index (κ3) is 6.86. The summed E-state index contributed by atoms with van der Waals surface area (Å²) in [6, 6.07) is 11.7. The van der Waals surface area contributed by atoms with Gasteiger partial charge < -0.3 is 0 Å². The SMILES string of the molecule is C[Si](C)(Cl)CCCCC=Cc1ccccc1. The molecule has 0 aliphatic rings. The molecule has 16 heavy (non-hydrogen) atoms. The summed E-state index contributed by atoms with van der Waals surface area (Å²) >= 11 is 6.26. The third-order valence-electron chi connectivity index (χ3n) is 2.50. The summed E-state index contributed by atoms with van der Waals surface area (Å²) < 4.78 is 0. The first-order valence-electron chi connectivity index (χ1n) is 5.98. The Morgan fingerprint density at radius 2 is 1.81 bits per heavy atom. The molecule has 0 fully saturated rings. The Bertz CT molecular complexity index is 311. The molecule has 0 unspecified atom stereocenters. The fraction of sp³-hybridized carbons (Fsp3) is 0.429. The predicted octanol–water partition coefficient (Wildman–Crippen LogP) is 5.31. The van der Waals surface area contributed by atoms with Gasteiger partial charge in [0.15, 0.2) is 0 Å². The smallest absolute Gasteiger partial charge is 0.150 e. The van der Waals surface area contributed by atoms with Gasteiger partial charge in [-0.2, -0.15) is 11.1 Å². The van der Waals surface area contributed by atoms with Crippen LogP contribution in [0, 0.1) is 0 Å². The predicted molar refractivity (Wildman–Crippen MR) is 77.5 cm³/mol. The van der Waals surface area contributed by atoms with Gasteiger partial charge >= 0.3 is 0 Å². The zero-order valence-corrected chi connectivity index (χ0v) is 12.0. The van der Waals surface area contributed by atoms with Crippen molar-refractivity contribution in [2.45, 2.75) is 38.4 Å². The lowest BCUT2D eigenvalue weighted by molar-refractivity contribution is 0.808. The Hall–Kier alpha value is -0.533. The molecule has 0 amide bonds. The van der Waals surface area contributed by atoms with E-state index in [2.05, 4.69) is 49.5 Å². The maximum Gasteiger partial charge on any atom is 0.150 e. The Morgan fingerprint density at radius 3 is 2.44 bits per heavy atom. The van der Waals surface area contributed by atoms with Gasteiger partial charge in [0.05, 0.1) is 0 Å². The monoisotopic (exact) mass is 252 g/mol. The number of allylic oxidation sites excluding steroid dienone is 1. The zero-order chi connectivity index (χ0) is 11.9. The molecule has 0 saturated carbocycles. The van der Waals surface area contributed by atoms with Crippen molar-refractivity contribution in [1.82, 2.24) is 0 Å². The zero-order valence-electron chi connectivity index (χ0n) is 10.2. The van der Waals surface area contributed by atoms with Crippen molar-refractivity contribution in [3.63, 3.8) is 0 Å². The van der Waals surface area contributed by atoms with Crippen molar-refractivity contribution in [3.8, 4) is 0 Å². The molecule has 0 radical (unpaired) electrons. The molecular formula is C14H21ClSi. The van der Waals surface area contributed by atoms with Crippen molar-refractivity contribution in [1.29, 1.82) is 0 Å². The maximum atomic E-state index is 6.26. The molecule has 0 aliphatic heterocycles. The van der Waals surface area contributed by atoms with Crippen LogP contribution in [0.15, 0.2) is 36.4 Å². The molecule has 0 aromatic heterocycles. The molecule has 88 valence electrons. The molecule has 0 spiro atoms. The molecule has 0 aliphatic carbocycles. The van der Waals surface area contributed by atoms with E-state index in [4.69, 9.17) is 11.1 Å². The summed E-state index contributed by atoms with van der Waals surface area (Å²) in [5.74, 6) is 0. The van der Waals surface area contributed by atoms with E-state index in [1.807, 2.05) is 6.07 Å². The van der Waals surface area contributed by atoms with Crippen LogP contribution in [0.5, 0.6) is 0 Å². The largest absolute Gasteiger partial charge is 0.168 e. The van der Waals surface area contributed by atoms with Crippen LogP contribution < -0.4 is 0 Å². The second-order valence-electron chi connectivity index (χ2n) is 4.78. The Labute approximate surface area is 105 Å². The van der Waals surface area contributed by atoms with Gasteiger partial charge in [-0.1, -0.05) is 68.4 Å². The van der Waals surface area contributed by atoms with E-state index in [-0.39, 0.29) is 0 Å². The average molecular weight is 253 g/mol. The summed E-state index contributed by atoms with van der Waals surface area (Å²) in [7, 11) is -1.33. The number of benzene rings is 1. The average Bonchev–Trinajstić information content (AvgIpc) is 2.23.